The first-order chi connectivity index (χ1) is 8.46. The van der Waals surface area contributed by atoms with Gasteiger partial charge in [-0.05, 0) is 44.9 Å². The summed E-state index contributed by atoms with van der Waals surface area (Å²) in [5.41, 5.74) is 0.122. The van der Waals surface area contributed by atoms with E-state index < -0.39 is 0 Å². The summed E-state index contributed by atoms with van der Waals surface area (Å²) in [6, 6.07) is 0.830. The van der Waals surface area contributed by atoms with E-state index in [0.29, 0.717) is 18.0 Å². The van der Waals surface area contributed by atoms with Gasteiger partial charge < -0.3 is 9.64 Å². The predicted octanol–water partition coefficient (Wildman–Crippen LogP) is 2.84. The van der Waals surface area contributed by atoms with Crippen LogP contribution >= 0.6 is 0 Å². The average molecular weight is 253 g/mol. The Labute approximate surface area is 111 Å². The van der Waals surface area contributed by atoms with Crippen LogP contribution in [0.15, 0.2) is 0 Å². The number of carbonyl (C=O) groups excluding carboxylic acids is 1. The lowest BCUT2D eigenvalue weighted by Crippen LogP contribution is -2.47. The van der Waals surface area contributed by atoms with Gasteiger partial charge in [-0.1, -0.05) is 13.8 Å². The molecule has 0 saturated carbocycles. The molecule has 2 fully saturated rings. The van der Waals surface area contributed by atoms with Crippen LogP contribution < -0.4 is 0 Å². The molecule has 3 nitrogen and oxygen atoms in total. The Hall–Kier alpha value is -0.570. The first-order valence-electron chi connectivity index (χ1n) is 7.35. The van der Waals surface area contributed by atoms with Crippen molar-refractivity contribution < 1.29 is 9.53 Å². The molecule has 0 aromatic rings. The Bertz CT molecular complexity index is 300. The molecule has 2 unspecified atom stereocenters. The van der Waals surface area contributed by atoms with Gasteiger partial charge in [0.1, 0.15) is 0 Å². The molecule has 2 heterocycles. The Balaban J connectivity index is 2.08. The van der Waals surface area contributed by atoms with Crippen molar-refractivity contribution in [2.45, 2.75) is 65.5 Å². The van der Waals surface area contributed by atoms with Gasteiger partial charge in [-0.25, -0.2) is 0 Å². The third kappa shape index (κ3) is 2.42. The molecular formula is C15H27NO2. The van der Waals surface area contributed by atoms with Gasteiger partial charge in [0.05, 0.1) is 0 Å². The molecule has 0 spiro atoms. The summed E-state index contributed by atoms with van der Waals surface area (Å²) in [6.07, 6.45) is 4.33. The van der Waals surface area contributed by atoms with Crippen molar-refractivity contribution in [3.63, 3.8) is 0 Å². The highest BCUT2D eigenvalue weighted by Gasteiger charge is 2.42. The maximum Gasteiger partial charge on any atom is 0.226 e. The molecular weight excluding hydrogens is 226 g/mol. The molecule has 1 amide bonds. The topological polar surface area (TPSA) is 29.5 Å². The van der Waals surface area contributed by atoms with E-state index in [1.807, 2.05) is 0 Å². The molecule has 0 aliphatic carbocycles. The number of ether oxygens (including phenoxy) is 1. The van der Waals surface area contributed by atoms with Crippen LogP contribution in [-0.2, 0) is 9.53 Å². The Morgan fingerprint density at radius 3 is 2.22 bits per heavy atom. The maximum atomic E-state index is 12.8. The van der Waals surface area contributed by atoms with E-state index in [1.54, 1.807) is 0 Å². The minimum absolute atomic E-state index is 0.115. The maximum absolute atomic E-state index is 12.8. The van der Waals surface area contributed by atoms with Crippen molar-refractivity contribution in [2.75, 3.05) is 13.2 Å². The second-order valence-corrected chi connectivity index (χ2v) is 6.51. The second kappa shape index (κ2) is 5.20. The van der Waals surface area contributed by atoms with Gasteiger partial charge in [-0.15, -0.1) is 0 Å². The van der Waals surface area contributed by atoms with E-state index in [9.17, 15) is 4.79 Å². The molecule has 18 heavy (non-hydrogen) atoms. The third-order valence-corrected chi connectivity index (χ3v) is 5.26. The standard InChI is InChI=1S/C15H27NO2/c1-11-5-6-12(2)16(11)14(17)13(3)15(4)7-9-18-10-8-15/h11-13H,5-10H2,1-4H3/t11-,12?,13?/m1/s1. The Morgan fingerprint density at radius 1 is 1.22 bits per heavy atom. The normalized spacial score (nSPS) is 33.4. The van der Waals surface area contributed by atoms with E-state index in [2.05, 4.69) is 32.6 Å². The molecule has 0 radical (unpaired) electrons. The van der Waals surface area contributed by atoms with Crippen LogP contribution in [0.2, 0.25) is 0 Å². The largest absolute Gasteiger partial charge is 0.381 e. The molecule has 2 aliphatic rings. The summed E-state index contributed by atoms with van der Waals surface area (Å²) >= 11 is 0. The highest BCUT2D eigenvalue weighted by Crippen LogP contribution is 2.40. The average Bonchev–Trinajstić information content (AvgIpc) is 2.68. The molecule has 0 N–H and O–H groups in total. The molecule has 2 rings (SSSR count). The van der Waals surface area contributed by atoms with Crippen LogP contribution in [0.1, 0.15) is 53.4 Å². The van der Waals surface area contributed by atoms with E-state index in [1.165, 1.54) is 0 Å². The van der Waals surface area contributed by atoms with Crippen LogP contribution in [0.5, 0.6) is 0 Å². The number of carbonyl (C=O) groups is 1. The predicted molar refractivity (Wildman–Crippen MR) is 72.3 cm³/mol. The number of hydrogen-bond donors (Lipinski definition) is 0. The lowest BCUT2D eigenvalue weighted by molar-refractivity contribution is -0.144. The SMILES string of the molecule is CC1CC[C@@H](C)N1C(=O)C(C)C1(C)CCOCC1. The van der Waals surface area contributed by atoms with Crippen molar-refractivity contribution in [1.29, 1.82) is 0 Å². The Kier molecular flexibility index (Phi) is 4.00. The first kappa shape index (κ1) is 13.9. The van der Waals surface area contributed by atoms with Gasteiger partial charge in [0.2, 0.25) is 5.91 Å². The first-order valence-corrected chi connectivity index (χ1v) is 7.35. The second-order valence-electron chi connectivity index (χ2n) is 6.51. The van der Waals surface area contributed by atoms with Crippen molar-refractivity contribution in [2.24, 2.45) is 11.3 Å². The molecule has 0 bridgehead atoms. The Morgan fingerprint density at radius 2 is 1.72 bits per heavy atom. The van der Waals surface area contributed by atoms with Crippen molar-refractivity contribution in [1.82, 2.24) is 4.90 Å². The van der Waals surface area contributed by atoms with E-state index in [-0.39, 0.29) is 11.3 Å². The highest BCUT2D eigenvalue weighted by molar-refractivity contribution is 5.80. The van der Waals surface area contributed by atoms with Crippen LogP contribution in [0.25, 0.3) is 0 Å². The smallest absolute Gasteiger partial charge is 0.226 e. The zero-order valence-electron chi connectivity index (χ0n) is 12.2. The lowest BCUT2D eigenvalue weighted by atomic mass is 9.71. The van der Waals surface area contributed by atoms with Crippen molar-refractivity contribution >= 4 is 5.91 Å². The fourth-order valence-electron chi connectivity index (χ4n) is 3.42. The molecule has 2 saturated heterocycles. The van der Waals surface area contributed by atoms with Gasteiger partial charge in [-0.2, -0.15) is 0 Å². The number of rotatable bonds is 2. The van der Waals surface area contributed by atoms with Crippen molar-refractivity contribution in [3.05, 3.63) is 0 Å². The molecule has 2 aliphatic heterocycles. The molecule has 3 heteroatoms. The zero-order valence-corrected chi connectivity index (χ0v) is 12.2. The lowest BCUT2D eigenvalue weighted by Gasteiger charge is -2.41. The molecule has 104 valence electrons. The molecule has 0 aromatic carbocycles. The minimum Gasteiger partial charge on any atom is -0.381 e. The highest BCUT2D eigenvalue weighted by atomic mass is 16.5. The number of likely N-dealkylation sites (tertiary alicyclic amines) is 1. The fraction of sp³-hybridized carbons (Fsp3) is 0.933. The van der Waals surface area contributed by atoms with Gasteiger partial charge in [0, 0.05) is 31.2 Å². The van der Waals surface area contributed by atoms with E-state index >= 15 is 0 Å². The van der Waals surface area contributed by atoms with E-state index in [0.717, 1.165) is 38.9 Å². The van der Waals surface area contributed by atoms with Crippen LogP contribution in [0.3, 0.4) is 0 Å². The van der Waals surface area contributed by atoms with Gasteiger partial charge in [0.15, 0.2) is 0 Å². The summed E-state index contributed by atoms with van der Waals surface area (Å²) in [7, 11) is 0. The zero-order chi connectivity index (χ0) is 13.3. The number of nitrogens with zero attached hydrogens (tertiary/aromatic N) is 1. The summed E-state index contributed by atoms with van der Waals surface area (Å²) in [5.74, 6) is 0.473. The molecule has 3 atom stereocenters. The quantitative estimate of drug-likeness (QED) is 0.757. The van der Waals surface area contributed by atoms with E-state index in [4.69, 9.17) is 4.74 Å². The minimum atomic E-state index is 0.115. The van der Waals surface area contributed by atoms with Crippen LogP contribution in [0, 0.1) is 11.3 Å². The van der Waals surface area contributed by atoms with Gasteiger partial charge in [0.25, 0.3) is 0 Å². The van der Waals surface area contributed by atoms with Crippen LogP contribution in [0.4, 0.5) is 0 Å². The van der Waals surface area contributed by atoms with Crippen LogP contribution in [-0.4, -0.2) is 36.1 Å². The summed E-state index contributed by atoms with van der Waals surface area (Å²) in [5, 5.41) is 0. The van der Waals surface area contributed by atoms with Crippen molar-refractivity contribution in [3.8, 4) is 0 Å². The fourth-order valence-corrected chi connectivity index (χ4v) is 3.42. The number of hydrogen-bond acceptors (Lipinski definition) is 2. The third-order valence-electron chi connectivity index (χ3n) is 5.26. The summed E-state index contributed by atoms with van der Waals surface area (Å²) in [6.45, 7) is 10.3. The van der Waals surface area contributed by atoms with Gasteiger partial charge in [-0.3, -0.25) is 4.79 Å². The monoisotopic (exact) mass is 253 g/mol. The molecule has 0 aromatic heterocycles. The van der Waals surface area contributed by atoms with Gasteiger partial charge >= 0.3 is 0 Å². The summed E-state index contributed by atoms with van der Waals surface area (Å²) < 4.78 is 5.44. The summed E-state index contributed by atoms with van der Waals surface area (Å²) in [4.78, 5) is 14.9. The number of amides is 1.